The Bertz CT molecular complexity index is 502. The highest BCUT2D eigenvalue weighted by Crippen LogP contribution is 2.28. The van der Waals surface area contributed by atoms with E-state index in [1.54, 1.807) is 20.9 Å². The SMILES string of the molecule is CCNc1c(C(=O)N(C)CC(C)O)cccc1[N+](=O)[O-]. The van der Waals surface area contributed by atoms with E-state index in [2.05, 4.69) is 5.32 Å². The third-order valence-corrected chi connectivity index (χ3v) is 2.71. The van der Waals surface area contributed by atoms with Crippen LogP contribution in [0, 0.1) is 10.1 Å². The van der Waals surface area contributed by atoms with Gasteiger partial charge in [-0.1, -0.05) is 6.07 Å². The number of likely N-dealkylation sites (N-methyl/N-ethyl adjacent to an activating group) is 1. The molecule has 1 atom stereocenters. The molecule has 20 heavy (non-hydrogen) atoms. The fraction of sp³-hybridized carbons (Fsp3) is 0.462. The molecule has 110 valence electrons. The van der Waals surface area contributed by atoms with Crippen LogP contribution in [0.1, 0.15) is 24.2 Å². The van der Waals surface area contributed by atoms with Crippen LogP contribution in [0.25, 0.3) is 0 Å². The van der Waals surface area contributed by atoms with E-state index in [-0.39, 0.29) is 29.4 Å². The Hall–Kier alpha value is -2.15. The molecule has 1 rings (SSSR count). The van der Waals surface area contributed by atoms with Crippen LogP contribution in [0.4, 0.5) is 11.4 Å². The van der Waals surface area contributed by atoms with Crippen LogP contribution in [0.3, 0.4) is 0 Å². The number of aliphatic hydroxyl groups excluding tert-OH is 1. The zero-order valence-electron chi connectivity index (χ0n) is 11.8. The van der Waals surface area contributed by atoms with Gasteiger partial charge in [0, 0.05) is 26.2 Å². The van der Waals surface area contributed by atoms with Gasteiger partial charge in [0.05, 0.1) is 16.6 Å². The van der Waals surface area contributed by atoms with Gasteiger partial charge in [-0.3, -0.25) is 14.9 Å². The topological polar surface area (TPSA) is 95.7 Å². The normalized spacial score (nSPS) is 11.8. The summed E-state index contributed by atoms with van der Waals surface area (Å²) in [5, 5.41) is 23.2. The number of para-hydroxylation sites is 1. The molecule has 1 aromatic carbocycles. The van der Waals surface area contributed by atoms with Gasteiger partial charge in [0.2, 0.25) is 0 Å². The summed E-state index contributed by atoms with van der Waals surface area (Å²) in [6, 6.07) is 4.36. The number of amides is 1. The first kappa shape index (κ1) is 15.9. The van der Waals surface area contributed by atoms with E-state index in [1.807, 2.05) is 0 Å². The van der Waals surface area contributed by atoms with Gasteiger partial charge in [-0.05, 0) is 19.9 Å². The molecular formula is C13H19N3O4. The summed E-state index contributed by atoms with van der Waals surface area (Å²) in [4.78, 5) is 24.1. The number of carbonyl (C=O) groups excluding carboxylic acids is 1. The number of anilines is 1. The molecule has 1 amide bonds. The fourth-order valence-corrected chi connectivity index (χ4v) is 1.92. The average Bonchev–Trinajstić information content (AvgIpc) is 2.37. The smallest absolute Gasteiger partial charge is 0.293 e. The summed E-state index contributed by atoms with van der Waals surface area (Å²) in [6.07, 6.45) is -0.662. The van der Waals surface area contributed by atoms with Gasteiger partial charge in [-0.25, -0.2) is 0 Å². The van der Waals surface area contributed by atoms with Crippen molar-refractivity contribution in [3.05, 3.63) is 33.9 Å². The second-order valence-corrected chi connectivity index (χ2v) is 4.52. The lowest BCUT2D eigenvalue weighted by atomic mass is 10.1. The van der Waals surface area contributed by atoms with Crippen LogP contribution in [-0.4, -0.2) is 47.1 Å². The van der Waals surface area contributed by atoms with Gasteiger partial charge in [0.25, 0.3) is 11.6 Å². The molecule has 0 heterocycles. The first-order chi connectivity index (χ1) is 9.38. The van der Waals surface area contributed by atoms with Crippen molar-refractivity contribution in [2.45, 2.75) is 20.0 Å². The molecule has 0 bridgehead atoms. The van der Waals surface area contributed by atoms with Crippen molar-refractivity contribution in [3.8, 4) is 0 Å². The summed E-state index contributed by atoms with van der Waals surface area (Å²) in [6.45, 7) is 3.99. The largest absolute Gasteiger partial charge is 0.392 e. The molecule has 7 nitrogen and oxygen atoms in total. The molecule has 2 N–H and O–H groups in total. The van der Waals surface area contributed by atoms with Gasteiger partial charge in [0.15, 0.2) is 0 Å². The number of nitro groups is 1. The molecule has 0 spiro atoms. The third-order valence-electron chi connectivity index (χ3n) is 2.71. The zero-order valence-corrected chi connectivity index (χ0v) is 11.8. The Balaban J connectivity index is 3.19. The van der Waals surface area contributed by atoms with Crippen molar-refractivity contribution in [2.75, 3.05) is 25.5 Å². The number of hydrogen-bond acceptors (Lipinski definition) is 5. The van der Waals surface area contributed by atoms with Gasteiger partial charge in [-0.2, -0.15) is 0 Å². The van der Waals surface area contributed by atoms with Crippen LogP contribution < -0.4 is 5.32 Å². The van der Waals surface area contributed by atoms with Crippen LogP contribution >= 0.6 is 0 Å². The standard InChI is InChI=1S/C13H19N3O4/c1-4-14-12-10(6-5-7-11(12)16(19)20)13(18)15(3)8-9(2)17/h5-7,9,14,17H,4,8H2,1-3H3. The minimum Gasteiger partial charge on any atom is -0.392 e. The number of rotatable bonds is 6. The highest BCUT2D eigenvalue weighted by molar-refractivity contribution is 6.01. The van der Waals surface area contributed by atoms with Crippen molar-refractivity contribution < 1.29 is 14.8 Å². The highest BCUT2D eigenvalue weighted by Gasteiger charge is 2.23. The molecule has 0 saturated heterocycles. The summed E-state index contributed by atoms with van der Waals surface area (Å²) in [5.74, 6) is -0.370. The monoisotopic (exact) mass is 281 g/mol. The minimum absolute atomic E-state index is 0.136. The Morgan fingerprint density at radius 2 is 2.20 bits per heavy atom. The van der Waals surface area contributed by atoms with Crippen molar-refractivity contribution in [3.63, 3.8) is 0 Å². The molecule has 0 aromatic heterocycles. The maximum Gasteiger partial charge on any atom is 0.293 e. The van der Waals surface area contributed by atoms with Crippen LogP contribution in [0.5, 0.6) is 0 Å². The number of nitro benzene ring substituents is 1. The van der Waals surface area contributed by atoms with Gasteiger partial charge < -0.3 is 15.3 Å². The van der Waals surface area contributed by atoms with E-state index >= 15 is 0 Å². The first-order valence-corrected chi connectivity index (χ1v) is 6.33. The van der Waals surface area contributed by atoms with Crippen molar-refractivity contribution >= 4 is 17.3 Å². The fourth-order valence-electron chi connectivity index (χ4n) is 1.92. The maximum absolute atomic E-state index is 12.3. The summed E-state index contributed by atoms with van der Waals surface area (Å²) in [7, 11) is 1.55. The Kier molecular flexibility index (Phi) is 5.45. The van der Waals surface area contributed by atoms with Gasteiger partial charge >= 0.3 is 0 Å². The number of nitrogens with zero attached hydrogens (tertiary/aromatic N) is 2. The Labute approximate surface area is 117 Å². The quantitative estimate of drug-likeness (QED) is 0.608. The number of nitrogens with one attached hydrogen (secondary N) is 1. The van der Waals surface area contributed by atoms with E-state index in [1.165, 1.54) is 23.1 Å². The summed E-state index contributed by atoms with van der Waals surface area (Å²) in [5.41, 5.74) is 0.301. The molecule has 0 aliphatic carbocycles. The molecule has 0 aliphatic rings. The molecule has 1 unspecified atom stereocenters. The second-order valence-electron chi connectivity index (χ2n) is 4.52. The Morgan fingerprint density at radius 1 is 1.55 bits per heavy atom. The van der Waals surface area contributed by atoms with Crippen LogP contribution in [-0.2, 0) is 0 Å². The highest BCUT2D eigenvalue weighted by atomic mass is 16.6. The molecule has 7 heteroatoms. The molecule has 0 fully saturated rings. The van der Waals surface area contributed by atoms with E-state index in [0.29, 0.717) is 6.54 Å². The van der Waals surface area contributed by atoms with Crippen LogP contribution in [0.2, 0.25) is 0 Å². The van der Waals surface area contributed by atoms with Crippen molar-refractivity contribution in [2.24, 2.45) is 0 Å². The zero-order chi connectivity index (χ0) is 15.3. The van der Waals surface area contributed by atoms with Crippen molar-refractivity contribution in [1.82, 2.24) is 4.90 Å². The lowest BCUT2D eigenvalue weighted by molar-refractivity contribution is -0.384. The lowest BCUT2D eigenvalue weighted by Crippen LogP contribution is -2.33. The summed E-state index contributed by atoms with van der Waals surface area (Å²) < 4.78 is 0. The number of carbonyl (C=O) groups is 1. The van der Waals surface area contributed by atoms with E-state index in [9.17, 15) is 20.0 Å². The number of hydrogen-bond donors (Lipinski definition) is 2. The molecule has 1 aromatic rings. The van der Waals surface area contributed by atoms with E-state index in [0.717, 1.165) is 0 Å². The Morgan fingerprint density at radius 3 is 2.70 bits per heavy atom. The maximum atomic E-state index is 12.3. The van der Waals surface area contributed by atoms with Gasteiger partial charge in [-0.15, -0.1) is 0 Å². The van der Waals surface area contributed by atoms with E-state index < -0.39 is 11.0 Å². The molecule has 0 saturated carbocycles. The van der Waals surface area contributed by atoms with Crippen molar-refractivity contribution in [1.29, 1.82) is 0 Å². The average molecular weight is 281 g/mol. The lowest BCUT2D eigenvalue weighted by Gasteiger charge is -2.20. The first-order valence-electron chi connectivity index (χ1n) is 6.33. The number of benzene rings is 1. The van der Waals surface area contributed by atoms with Crippen LogP contribution in [0.15, 0.2) is 18.2 Å². The van der Waals surface area contributed by atoms with Gasteiger partial charge in [0.1, 0.15) is 5.69 Å². The molecular weight excluding hydrogens is 262 g/mol. The third kappa shape index (κ3) is 3.67. The molecule has 0 radical (unpaired) electrons. The predicted octanol–water partition coefficient (Wildman–Crippen LogP) is 1.48. The summed E-state index contributed by atoms with van der Waals surface area (Å²) >= 11 is 0. The minimum atomic E-state index is -0.662. The number of aliphatic hydroxyl groups is 1. The second kappa shape index (κ2) is 6.85. The molecule has 0 aliphatic heterocycles. The predicted molar refractivity (Wildman–Crippen MR) is 75.9 cm³/mol. The van der Waals surface area contributed by atoms with E-state index in [4.69, 9.17) is 0 Å².